The molecule has 0 saturated carbocycles. The minimum atomic E-state index is -0.322. The van der Waals surface area contributed by atoms with E-state index in [4.69, 9.17) is 4.74 Å². The van der Waals surface area contributed by atoms with E-state index >= 15 is 0 Å². The van der Waals surface area contributed by atoms with Gasteiger partial charge in [-0.15, -0.1) is 21.5 Å². The average molecular weight is 433 g/mol. The van der Waals surface area contributed by atoms with Gasteiger partial charge in [-0.2, -0.15) is 0 Å². The normalized spacial score (nSPS) is 16.2. The summed E-state index contributed by atoms with van der Waals surface area (Å²) >= 11 is 2.93. The molecule has 1 atom stereocenters. The number of thiophene rings is 1. The van der Waals surface area contributed by atoms with Crippen LogP contribution in [0.4, 0.5) is 4.39 Å². The molecule has 2 aromatic heterocycles. The van der Waals surface area contributed by atoms with Crippen molar-refractivity contribution in [3.05, 3.63) is 53.2 Å². The molecule has 3 aromatic rings. The fourth-order valence-electron chi connectivity index (χ4n) is 3.16. The van der Waals surface area contributed by atoms with Crippen molar-refractivity contribution in [1.82, 2.24) is 20.1 Å². The van der Waals surface area contributed by atoms with Crippen LogP contribution in [0, 0.1) is 5.82 Å². The summed E-state index contributed by atoms with van der Waals surface area (Å²) in [5.74, 6) is 0.479. The molecule has 0 bridgehead atoms. The molecule has 1 amide bonds. The molecule has 6 nitrogen and oxygen atoms in total. The van der Waals surface area contributed by atoms with Crippen molar-refractivity contribution in [1.29, 1.82) is 0 Å². The van der Waals surface area contributed by atoms with Crippen LogP contribution in [0.2, 0.25) is 0 Å². The number of hydrogen-bond donors (Lipinski definition) is 1. The minimum Gasteiger partial charge on any atom is -0.376 e. The van der Waals surface area contributed by atoms with E-state index in [-0.39, 0.29) is 30.1 Å². The number of carbonyl (C=O) groups excluding carboxylic acids is 1. The molecule has 0 aliphatic carbocycles. The highest BCUT2D eigenvalue weighted by molar-refractivity contribution is 7.99. The van der Waals surface area contributed by atoms with Crippen molar-refractivity contribution in [3.63, 3.8) is 0 Å². The van der Waals surface area contributed by atoms with Gasteiger partial charge in [-0.1, -0.05) is 36.0 Å². The molecular weight excluding hydrogens is 411 g/mol. The number of carbonyl (C=O) groups is 1. The Hall–Kier alpha value is -2.23. The van der Waals surface area contributed by atoms with Gasteiger partial charge in [-0.25, -0.2) is 4.39 Å². The number of hydrogen-bond acceptors (Lipinski definition) is 6. The summed E-state index contributed by atoms with van der Waals surface area (Å²) in [5.41, 5.74) is 0.465. The lowest BCUT2D eigenvalue weighted by molar-refractivity contribution is -0.118. The monoisotopic (exact) mass is 432 g/mol. The molecule has 0 spiro atoms. The molecule has 3 heterocycles. The molecule has 9 heteroatoms. The topological polar surface area (TPSA) is 69.0 Å². The van der Waals surface area contributed by atoms with E-state index in [9.17, 15) is 9.18 Å². The Morgan fingerprint density at radius 3 is 2.97 bits per heavy atom. The summed E-state index contributed by atoms with van der Waals surface area (Å²) in [6.07, 6.45) is 2.20. The van der Waals surface area contributed by atoms with Crippen LogP contribution < -0.4 is 5.32 Å². The molecule has 1 N–H and O–H groups in total. The Labute approximate surface area is 176 Å². The summed E-state index contributed by atoms with van der Waals surface area (Å²) in [5, 5.41) is 14.1. The first-order valence-corrected chi connectivity index (χ1v) is 11.3. The Morgan fingerprint density at radius 1 is 1.31 bits per heavy atom. The van der Waals surface area contributed by atoms with Gasteiger partial charge in [0.25, 0.3) is 0 Å². The summed E-state index contributed by atoms with van der Waals surface area (Å²) in [6.45, 7) is 1.61. The van der Waals surface area contributed by atoms with Crippen LogP contribution >= 0.6 is 23.1 Å². The van der Waals surface area contributed by atoms with E-state index in [1.165, 1.54) is 17.8 Å². The molecule has 152 valence electrons. The highest BCUT2D eigenvalue weighted by atomic mass is 32.2. The lowest BCUT2D eigenvalue weighted by Gasteiger charge is -2.14. The zero-order chi connectivity index (χ0) is 20.1. The van der Waals surface area contributed by atoms with Gasteiger partial charge in [0, 0.05) is 18.7 Å². The van der Waals surface area contributed by atoms with Crippen LogP contribution in [0.25, 0.3) is 10.7 Å². The quantitative estimate of drug-likeness (QED) is 0.549. The van der Waals surface area contributed by atoms with E-state index in [0.29, 0.717) is 17.3 Å². The lowest BCUT2D eigenvalue weighted by atomic mass is 10.2. The summed E-state index contributed by atoms with van der Waals surface area (Å²) < 4.78 is 21.5. The molecule has 1 saturated heterocycles. The van der Waals surface area contributed by atoms with Gasteiger partial charge >= 0.3 is 0 Å². The molecular formula is C20H21FN4O2S2. The van der Waals surface area contributed by atoms with Crippen molar-refractivity contribution >= 4 is 29.0 Å². The fraction of sp³-hybridized carbons (Fsp3) is 0.350. The Kier molecular flexibility index (Phi) is 6.58. The highest BCUT2D eigenvalue weighted by Gasteiger charge is 2.22. The van der Waals surface area contributed by atoms with Gasteiger partial charge in [0.1, 0.15) is 5.82 Å². The first-order chi connectivity index (χ1) is 14.2. The first-order valence-electron chi connectivity index (χ1n) is 9.42. The number of thioether (sulfide) groups is 1. The molecule has 1 unspecified atom stereocenters. The van der Waals surface area contributed by atoms with Gasteiger partial charge in [0.15, 0.2) is 11.0 Å². The SMILES string of the molecule is O=C(CSc1nnc(-c2cccs2)n1CC1CCCO1)NCc1ccccc1F. The Morgan fingerprint density at radius 2 is 2.21 bits per heavy atom. The number of aromatic nitrogens is 3. The number of ether oxygens (including phenoxy) is 1. The molecule has 1 aromatic carbocycles. The predicted molar refractivity (Wildman–Crippen MR) is 111 cm³/mol. The maximum Gasteiger partial charge on any atom is 0.230 e. The average Bonchev–Trinajstić information content (AvgIpc) is 3.48. The third-order valence-electron chi connectivity index (χ3n) is 4.63. The summed E-state index contributed by atoms with van der Waals surface area (Å²) in [4.78, 5) is 13.3. The van der Waals surface area contributed by atoms with Crippen LogP contribution in [-0.4, -0.2) is 39.1 Å². The number of benzene rings is 1. The zero-order valence-corrected chi connectivity index (χ0v) is 17.3. The maximum absolute atomic E-state index is 13.7. The van der Waals surface area contributed by atoms with Crippen molar-refractivity contribution in [2.45, 2.75) is 37.2 Å². The van der Waals surface area contributed by atoms with Crippen LogP contribution in [0.3, 0.4) is 0 Å². The van der Waals surface area contributed by atoms with Crippen LogP contribution in [0.1, 0.15) is 18.4 Å². The number of halogens is 1. The lowest BCUT2D eigenvalue weighted by Crippen LogP contribution is -2.25. The molecule has 4 rings (SSSR count). The zero-order valence-electron chi connectivity index (χ0n) is 15.7. The number of nitrogens with one attached hydrogen (secondary N) is 1. The predicted octanol–water partition coefficient (Wildman–Crippen LogP) is 3.73. The van der Waals surface area contributed by atoms with Crippen molar-refractivity contribution < 1.29 is 13.9 Å². The summed E-state index contributed by atoms with van der Waals surface area (Å²) in [6, 6.07) is 10.4. The van der Waals surface area contributed by atoms with E-state index in [0.717, 1.165) is 30.2 Å². The van der Waals surface area contributed by atoms with Crippen LogP contribution in [0.5, 0.6) is 0 Å². The molecule has 1 aliphatic heterocycles. The van der Waals surface area contributed by atoms with E-state index in [1.54, 1.807) is 29.5 Å². The van der Waals surface area contributed by atoms with Gasteiger partial charge in [0.05, 0.1) is 23.3 Å². The van der Waals surface area contributed by atoms with Gasteiger partial charge in [0.2, 0.25) is 5.91 Å². The highest BCUT2D eigenvalue weighted by Crippen LogP contribution is 2.29. The number of nitrogens with zero attached hydrogens (tertiary/aromatic N) is 3. The number of rotatable bonds is 8. The second-order valence-electron chi connectivity index (χ2n) is 6.69. The van der Waals surface area contributed by atoms with E-state index in [2.05, 4.69) is 15.5 Å². The van der Waals surface area contributed by atoms with Gasteiger partial charge in [-0.3, -0.25) is 9.36 Å². The van der Waals surface area contributed by atoms with E-state index in [1.807, 2.05) is 22.1 Å². The smallest absolute Gasteiger partial charge is 0.230 e. The third-order valence-corrected chi connectivity index (χ3v) is 6.47. The molecule has 0 radical (unpaired) electrons. The maximum atomic E-state index is 13.7. The Bertz CT molecular complexity index is 955. The van der Waals surface area contributed by atoms with Crippen molar-refractivity contribution in [3.8, 4) is 10.7 Å². The minimum absolute atomic E-state index is 0.138. The fourth-order valence-corrected chi connectivity index (χ4v) is 4.65. The number of amides is 1. The molecule has 29 heavy (non-hydrogen) atoms. The van der Waals surface area contributed by atoms with Crippen LogP contribution in [-0.2, 0) is 22.6 Å². The third kappa shape index (κ3) is 5.04. The summed E-state index contributed by atoms with van der Waals surface area (Å²) in [7, 11) is 0. The van der Waals surface area contributed by atoms with Crippen molar-refractivity contribution in [2.24, 2.45) is 0 Å². The molecule has 1 fully saturated rings. The second kappa shape index (κ2) is 9.51. The van der Waals surface area contributed by atoms with Crippen LogP contribution in [0.15, 0.2) is 46.9 Å². The van der Waals surface area contributed by atoms with Gasteiger partial charge in [-0.05, 0) is 30.4 Å². The first kappa shape index (κ1) is 20.1. The second-order valence-corrected chi connectivity index (χ2v) is 8.58. The Balaban J connectivity index is 1.41. The standard InChI is InChI=1S/C20H21FN4O2S2/c21-16-7-2-1-5-14(16)11-22-18(26)13-29-20-24-23-19(17-8-4-10-28-17)25(20)12-15-6-3-9-27-15/h1-2,4-5,7-8,10,15H,3,6,9,11-13H2,(H,22,26). The van der Waals surface area contributed by atoms with Gasteiger partial charge < -0.3 is 10.1 Å². The van der Waals surface area contributed by atoms with E-state index < -0.39 is 0 Å². The molecule has 1 aliphatic rings. The largest absolute Gasteiger partial charge is 0.376 e. The van der Waals surface area contributed by atoms with Crippen molar-refractivity contribution in [2.75, 3.05) is 12.4 Å².